The lowest BCUT2D eigenvalue weighted by Crippen LogP contribution is -2.00. The van der Waals surface area contributed by atoms with Crippen LogP contribution in [-0.4, -0.2) is 13.1 Å². The van der Waals surface area contributed by atoms with E-state index in [4.69, 9.17) is 4.74 Å². The van der Waals surface area contributed by atoms with Gasteiger partial charge in [-0.25, -0.2) is 0 Å². The van der Waals surface area contributed by atoms with Crippen LogP contribution < -0.4 is 0 Å². The fourth-order valence-electron chi connectivity index (χ4n) is 3.27. The molecule has 0 N–H and O–H groups in total. The van der Waals surface area contributed by atoms with Crippen molar-refractivity contribution in [2.75, 3.05) is 7.11 Å². The van der Waals surface area contributed by atoms with E-state index >= 15 is 0 Å². The van der Waals surface area contributed by atoms with Crippen LogP contribution >= 0.6 is 0 Å². The van der Waals surface area contributed by atoms with Crippen molar-refractivity contribution < 1.29 is 9.53 Å². The molecule has 3 aromatic rings. The molecule has 0 unspecified atom stereocenters. The van der Waals surface area contributed by atoms with Crippen molar-refractivity contribution in [3.05, 3.63) is 83.9 Å². The second-order valence-electron chi connectivity index (χ2n) is 6.76. The number of benzene rings is 3. The van der Waals surface area contributed by atoms with Gasteiger partial charge in [0.15, 0.2) is 0 Å². The Balaban J connectivity index is 1.90. The van der Waals surface area contributed by atoms with Crippen LogP contribution in [-0.2, 0) is 16.0 Å². The van der Waals surface area contributed by atoms with Gasteiger partial charge in [0.25, 0.3) is 0 Å². The van der Waals surface area contributed by atoms with Crippen LogP contribution in [0.5, 0.6) is 0 Å². The Hall–Kier alpha value is -3.38. The third kappa shape index (κ3) is 5.08. The standard InChI is InChI=1S/C25H23NO2/c1-28-25(27)13-6-5-8-19-14-23(21-10-3-2-4-11-21)17-24(15-19)22-12-7-9-20(16-22)18-26/h2-4,7,9-12,14-17H,5-6,8,13H2,1H3. The highest BCUT2D eigenvalue weighted by molar-refractivity contribution is 5.75. The molecule has 28 heavy (non-hydrogen) atoms. The lowest BCUT2D eigenvalue weighted by molar-refractivity contribution is -0.140. The summed E-state index contributed by atoms with van der Waals surface area (Å²) in [5.74, 6) is -0.160. The zero-order valence-corrected chi connectivity index (χ0v) is 16.0. The maximum Gasteiger partial charge on any atom is 0.305 e. The van der Waals surface area contributed by atoms with Crippen LogP contribution in [0.4, 0.5) is 0 Å². The Bertz CT molecular complexity index is 987. The number of esters is 1. The summed E-state index contributed by atoms with van der Waals surface area (Å²) in [6.45, 7) is 0. The Morgan fingerprint density at radius 3 is 2.29 bits per heavy atom. The molecule has 0 fully saturated rings. The largest absolute Gasteiger partial charge is 0.469 e. The number of nitrogens with zero attached hydrogens (tertiary/aromatic N) is 1. The maximum atomic E-state index is 11.3. The number of rotatable bonds is 7. The first-order valence-corrected chi connectivity index (χ1v) is 9.46. The summed E-state index contributed by atoms with van der Waals surface area (Å²) in [5.41, 5.74) is 6.33. The van der Waals surface area contributed by atoms with Gasteiger partial charge in [-0.15, -0.1) is 0 Å². The van der Waals surface area contributed by atoms with Crippen molar-refractivity contribution in [1.29, 1.82) is 5.26 Å². The molecule has 3 rings (SSSR count). The van der Waals surface area contributed by atoms with E-state index < -0.39 is 0 Å². The molecule has 0 saturated carbocycles. The fourth-order valence-corrected chi connectivity index (χ4v) is 3.27. The fraction of sp³-hybridized carbons (Fsp3) is 0.200. The van der Waals surface area contributed by atoms with Gasteiger partial charge >= 0.3 is 5.97 Å². The number of nitriles is 1. The van der Waals surface area contributed by atoms with Crippen molar-refractivity contribution in [3.63, 3.8) is 0 Å². The molecule has 0 aliphatic rings. The monoisotopic (exact) mass is 369 g/mol. The van der Waals surface area contributed by atoms with Gasteiger partial charge in [-0.3, -0.25) is 4.79 Å². The van der Waals surface area contributed by atoms with E-state index in [0.717, 1.165) is 41.5 Å². The first-order valence-electron chi connectivity index (χ1n) is 9.46. The summed E-state index contributed by atoms with van der Waals surface area (Å²) in [6, 6.07) is 26.8. The number of carbonyl (C=O) groups is 1. The molecule has 0 radical (unpaired) electrons. The van der Waals surface area contributed by atoms with Crippen LogP contribution in [0.15, 0.2) is 72.8 Å². The molecule has 0 aromatic heterocycles. The van der Waals surface area contributed by atoms with E-state index in [1.54, 1.807) is 0 Å². The lowest BCUT2D eigenvalue weighted by Gasteiger charge is -2.11. The van der Waals surface area contributed by atoms with E-state index in [1.165, 1.54) is 12.7 Å². The van der Waals surface area contributed by atoms with Crippen molar-refractivity contribution in [2.24, 2.45) is 0 Å². The minimum absolute atomic E-state index is 0.160. The highest BCUT2D eigenvalue weighted by Gasteiger charge is 2.07. The zero-order valence-electron chi connectivity index (χ0n) is 16.0. The molecule has 3 aromatic carbocycles. The molecule has 0 spiro atoms. The maximum absolute atomic E-state index is 11.3. The predicted octanol–water partition coefficient (Wildman–Crippen LogP) is 5.78. The Labute approximate surface area is 166 Å². The number of hydrogen-bond acceptors (Lipinski definition) is 3. The first kappa shape index (κ1) is 19.4. The van der Waals surface area contributed by atoms with Gasteiger partial charge < -0.3 is 4.74 Å². The molecule has 140 valence electrons. The van der Waals surface area contributed by atoms with Crippen LogP contribution in [0.25, 0.3) is 22.3 Å². The molecular formula is C25H23NO2. The third-order valence-corrected chi connectivity index (χ3v) is 4.75. The van der Waals surface area contributed by atoms with Crippen molar-refractivity contribution in [1.82, 2.24) is 0 Å². The van der Waals surface area contributed by atoms with Crippen LogP contribution in [0.3, 0.4) is 0 Å². The van der Waals surface area contributed by atoms with E-state index in [2.05, 4.69) is 36.4 Å². The normalized spacial score (nSPS) is 10.3. The minimum atomic E-state index is -0.160. The van der Waals surface area contributed by atoms with Crippen LogP contribution in [0, 0.1) is 11.3 Å². The van der Waals surface area contributed by atoms with Crippen molar-refractivity contribution in [3.8, 4) is 28.3 Å². The van der Waals surface area contributed by atoms with Gasteiger partial charge in [0.2, 0.25) is 0 Å². The minimum Gasteiger partial charge on any atom is -0.469 e. The second kappa shape index (κ2) is 9.53. The lowest BCUT2D eigenvalue weighted by atomic mass is 9.93. The number of ether oxygens (including phenoxy) is 1. The van der Waals surface area contributed by atoms with Gasteiger partial charge in [0.05, 0.1) is 18.7 Å². The third-order valence-electron chi connectivity index (χ3n) is 4.75. The quantitative estimate of drug-likeness (QED) is 0.392. The van der Waals surface area contributed by atoms with Gasteiger partial charge in [-0.2, -0.15) is 5.26 Å². The Morgan fingerprint density at radius 1 is 0.857 bits per heavy atom. The average Bonchev–Trinajstić information content (AvgIpc) is 2.77. The summed E-state index contributed by atoms with van der Waals surface area (Å²) in [5, 5.41) is 9.22. The van der Waals surface area contributed by atoms with E-state index in [9.17, 15) is 10.1 Å². The van der Waals surface area contributed by atoms with Gasteiger partial charge in [0.1, 0.15) is 0 Å². The average molecular weight is 369 g/mol. The summed E-state index contributed by atoms with van der Waals surface area (Å²) in [7, 11) is 1.42. The second-order valence-corrected chi connectivity index (χ2v) is 6.76. The molecule has 0 heterocycles. The van der Waals surface area contributed by atoms with E-state index in [1.807, 2.05) is 42.5 Å². The SMILES string of the molecule is COC(=O)CCCCc1cc(-c2ccccc2)cc(-c2cccc(C#N)c2)c1. The molecule has 0 amide bonds. The van der Waals surface area contributed by atoms with Gasteiger partial charge in [-0.05, 0) is 65.3 Å². The van der Waals surface area contributed by atoms with Crippen molar-refractivity contribution >= 4 is 5.97 Å². The number of aryl methyl sites for hydroxylation is 1. The molecule has 0 aliphatic carbocycles. The topological polar surface area (TPSA) is 50.1 Å². The highest BCUT2D eigenvalue weighted by Crippen LogP contribution is 2.29. The molecule has 0 aliphatic heterocycles. The van der Waals surface area contributed by atoms with E-state index in [0.29, 0.717) is 12.0 Å². The highest BCUT2D eigenvalue weighted by atomic mass is 16.5. The molecule has 3 nitrogen and oxygen atoms in total. The molecule has 0 atom stereocenters. The molecule has 3 heteroatoms. The van der Waals surface area contributed by atoms with Crippen LogP contribution in [0.2, 0.25) is 0 Å². The Kier molecular flexibility index (Phi) is 6.59. The number of unbranched alkanes of at least 4 members (excludes halogenated alkanes) is 1. The molecule has 0 bridgehead atoms. The number of carbonyl (C=O) groups excluding carboxylic acids is 1. The molecular weight excluding hydrogens is 346 g/mol. The summed E-state index contributed by atoms with van der Waals surface area (Å²) in [6.07, 6.45) is 3.07. The first-order chi connectivity index (χ1) is 13.7. The zero-order chi connectivity index (χ0) is 19.8. The van der Waals surface area contributed by atoms with Gasteiger partial charge in [0, 0.05) is 6.42 Å². The molecule has 0 saturated heterocycles. The number of methoxy groups -OCH3 is 1. The van der Waals surface area contributed by atoms with Crippen LogP contribution in [0.1, 0.15) is 30.4 Å². The predicted molar refractivity (Wildman–Crippen MR) is 112 cm³/mol. The Morgan fingerprint density at radius 2 is 1.57 bits per heavy atom. The van der Waals surface area contributed by atoms with Gasteiger partial charge in [-0.1, -0.05) is 54.6 Å². The van der Waals surface area contributed by atoms with E-state index in [-0.39, 0.29) is 5.97 Å². The van der Waals surface area contributed by atoms with Crippen molar-refractivity contribution in [2.45, 2.75) is 25.7 Å². The summed E-state index contributed by atoms with van der Waals surface area (Å²) in [4.78, 5) is 11.3. The smallest absolute Gasteiger partial charge is 0.305 e. The number of hydrogen-bond donors (Lipinski definition) is 0. The summed E-state index contributed by atoms with van der Waals surface area (Å²) < 4.78 is 4.71. The summed E-state index contributed by atoms with van der Waals surface area (Å²) >= 11 is 0.